The van der Waals surface area contributed by atoms with Crippen molar-refractivity contribution in [2.24, 2.45) is 10.5 Å². The van der Waals surface area contributed by atoms with Crippen LogP contribution in [0.25, 0.3) is 0 Å². The average Bonchev–Trinajstić information content (AvgIpc) is 3.21. The molecule has 4 amide bonds. The highest BCUT2D eigenvalue weighted by Gasteiger charge is 2.56. The van der Waals surface area contributed by atoms with Crippen molar-refractivity contribution >= 4 is 29.5 Å². The van der Waals surface area contributed by atoms with E-state index in [2.05, 4.69) is 10.1 Å². The van der Waals surface area contributed by atoms with Crippen molar-refractivity contribution < 1.29 is 51.0 Å². The fourth-order valence-electron chi connectivity index (χ4n) is 5.35. The first-order valence-corrected chi connectivity index (χ1v) is 14.0. The first kappa shape index (κ1) is 34.2. The Balaban J connectivity index is 1.57. The molecular weight excluding hydrogens is 623 g/mol. The lowest BCUT2D eigenvalue weighted by Crippen LogP contribution is -2.60. The van der Waals surface area contributed by atoms with Gasteiger partial charge in [0.2, 0.25) is 11.8 Å². The summed E-state index contributed by atoms with van der Waals surface area (Å²) in [5.74, 6) is -4.29. The van der Waals surface area contributed by atoms with Gasteiger partial charge in [-0.25, -0.2) is 18.6 Å². The second-order valence-corrected chi connectivity index (χ2v) is 11.4. The van der Waals surface area contributed by atoms with Crippen molar-refractivity contribution in [2.75, 3.05) is 32.9 Å². The average molecular weight is 655 g/mol. The van der Waals surface area contributed by atoms with E-state index in [9.17, 15) is 46.2 Å². The number of carboxylic acid groups (broad SMARTS) is 1. The Bertz CT molecular complexity index is 1520. The normalized spacial score (nSPS) is 18.2. The van der Waals surface area contributed by atoms with E-state index in [1.807, 2.05) is 5.32 Å². The first-order chi connectivity index (χ1) is 21.5. The van der Waals surface area contributed by atoms with E-state index >= 15 is 0 Å². The summed E-state index contributed by atoms with van der Waals surface area (Å²) in [6.07, 6.45) is -4.99. The lowest BCUT2D eigenvalue weighted by molar-refractivity contribution is -0.164. The Morgan fingerprint density at radius 2 is 1.89 bits per heavy atom. The SMILES string of the molecule is CC(C)(NC(=O)O)C(=O)N(COCc1ccc(F)cc1F)CC(=O)N1CCC2=NN(CC(F)(F)F)C(=O)C2(Cc2ccccn2)C1. The van der Waals surface area contributed by atoms with Crippen LogP contribution in [0.1, 0.15) is 31.5 Å². The molecular formula is C29H31F5N6O6. The number of fused-ring (bicyclic) bond motifs is 1. The fraction of sp³-hybridized carbons (Fsp3) is 0.448. The zero-order valence-corrected chi connectivity index (χ0v) is 24.8. The van der Waals surface area contributed by atoms with Crippen LogP contribution in [-0.4, -0.2) is 99.1 Å². The van der Waals surface area contributed by atoms with Gasteiger partial charge in [0, 0.05) is 49.5 Å². The fourth-order valence-corrected chi connectivity index (χ4v) is 5.35. The number of amides is 4. The van der Waals surface area contributed by atoms with Gasteiger partial charge >= 0.3 is 12.3 Å². The molecule has 3 heterocycles. The Morgan fingerprint density at radius 1 is 1.15 bits per heavy atom. The maximum Gasteiger partial charge on any atom is 0.408 e. The molecule has 0 aliphatic carbocycles. The molecule has 1 aromatic heterocycles. The molecule has 248 valence electrons. The van der Waals surface area contributed by atoms with Crippen molar-refractivity contribution in [1.82, 2.24) is 25.1 Å². The maximum absolute atomic E-state index is 14.1. The number of carbonyl (C=O) groups excluding carboxylic acids is 3. The van der Waals surface area contributed by atoms with E-state index in [0.29, 0.717) is 16.8 Å². The van der Waals surface area contributed by atoms with E-state index in [1.165, 1.54) is 24.9 Å². The van der Waals surface area contributed by atoms with Crippen LogP contribution >= 0.6 is 0 Å². The van der Waals surface area contributed by atoms with Gasteiger partial charge in [-0.1, -0.05) is 12.1 Å². The van der Waals surface area contributed by atoms with Crippen molar-refractivity contribution in [2.45, 2.75) is 45.0 Å². The van der Waals surface area contributed by atoms with Crippen molar-refractivity contribution in [3.05, 3.63) is 65.5 Å². The number of halogens is 5. The summed E-state index contributed by atoms with van der Waals surface area (Å²) >= 11 is 0. The van der Waals surface area contributed by atoms with Crippen LogP contribution in [0.15, 0.2) is 47.7 Å². The van der Waals surface area contributed by atoms with Crippen LogP contribution in [0.5, 0.6) is 0 Å². The number of hydrogen-bond donors (Lipinski definition) is 2. The van der Waals surface area contributed by atoms with Crippen molar-refractivity contribution in [3.63, 3.8) is 0 Å². The van der Waals surface area contributed by atoms with Gasteiger partial charge in [0.25, 0.3) is 5.91 Å². The molecule has 17 heteroatoms. The summed E-state index contributed by atoms with van der Waals surface area (Å²) in [4.78, 5) is 58.2. The van der Waals surface area contributed by atoms with E-state index in [1.54, 1.807) is 18.2 Å². The van der Waals surface area contributed by atoms with Gasteiger partial charge in [0.15, 0.2) is 0 Å². The number of nitrogens with zero attached hydrogens (tertiary/aromatic N) is 5. The molecule has 1 atom stereocenters. The molecule has 1 saturated heterocycles. The molecule has 2 aliphatic rings. The molecule has 2 N–H and O–H groups in total. The Morgan fingerprint density at radius 3 is 2.52 bits per heavy atom. The van der Waals surface area contributed by atoms with Crippen LogP contribution in [0.3, 0.4) is 0 Å². The number of hydrazone groups is 1. The lowest BCUT2D eigenvalue weighted by atomic mass is 9.74. The number of hydrogen-bond acceptors (Lipinski definition) is 7. The predicted molar refractivity (Wildman–Crippen MR) is 150 cm³/mol. The van der Waals surface area contributed by atoms with Crippen molar-refractivity contribution in [1.29, 1.82) is 0 Å². The van der Waals surface area contributed by atoms with E-state index < -0.39 is 79.0 Å². The second kappa shape index (κ2) is 13.4. The highest BCUT2D eigenvalue weighted by atomic mass is 19.4. The quantitative estimate of drug-likeness (QED) is 0.280. The molecule has 2 aromatic rings. The molecule has 1 aromatic carbocycles. The summed E-state index contributed by atoms with van der Waals surface area (Å²) in [6, 6.07) is 7.63. The molecule has 0 saturated carbocycles. The summed E-state index contributed by atoms with van der Waals surface area (Å²) < 4.78 is 72.8. The number of piperidine rings is 1. The highest BCUT2D eigenvalue weighted by molar-refractivity contribution is 6.13. The number of carbonyl (C=O) groups is 4. The zero-order chi connectivity index (χ0) is 33.9. The zero-order valence-electron chi connectivity index (χ0n) is 24.8. The third-order valence-electron chi connectivity index (χ3n) is 7.49. The molecule has 1 fully saturated rings. The molecule has 0 radical (unpaired) electrons. The van der Waals surface area contributed by atoms with Gasteiger partial charge in [-0.15, -0.1) is 0 Å². The molecule has 46 heavy (non-hydrogen) atoms. The number of nitrogens with one attached hydrogen (secondary N) is 1. The Labute approximate surface area is 259 Å². The summed E-state index contributed by atoms with van der Waals surface area (Å²) in [5, 5.41) is 15.6. The van der Waals surface area contributed by atoms with E-state index in [4.69, 9.17) is 4.74 Å². The third kappa shape index (κ3) is 7.94. The molecule has 2 aliphatic heterocycles. The first-order valence-electron chi connectivity index (χ1n) is 14.0. The lowest BCUT2D eigenvalue weighted by Gasteiger charge is -2.40. The Hall–Kier alpha value is -4.67. The minimum absolute atomic E-state index is 0.0426. The standard InChI is InChI=1S/C29H31F5N6O6/c1-27(2,36-26(44)45)24(42)39(17-46-14-18-6-7-19(30)11-21(18)31)13-23(41)38-10-8-22-28(15-38,12-20-5-3-4-9-35-20)25(43)40(37-22)16-29(32,33)34/h3-7,9,11,36H,8,10,12-17H2,1-2H3,(H,44,45). The van der Waals surface area contributed by atoms with Gasteiger partial charge in [-0.05, 0) is 32.0 Å². The molecule has 4 rings (SSSR count). The van der Waals surface area contributed by atoms with Gasteiger partial charge in [-0.3, -0.25) is 19.4 Å². The molecule has 1 unspecified atom stereocenters. The molecule has 12 nitrogen and oxygen atoms in total. The van der Waals surface area contributed by atoms with Crippen LogP contribution in [0, 0.1) is 17.0 Å². The summed E-state index contributed by atoms with van der Waals surface area (Å²) in [5.41, 5.74) is -2.90. The number of pyridine rings is 1. The van der Waals surface area contributed by atoms with Gasteiger partial charge < -0.3 is 25.0 Å². The highest BCUT2D eigenvalue weighted by Crippen LogP contribution is 2.39. The maximum atomic E-state index is 14.1. The summed E-state index contributed by atoms with van der Waals surface area (Å²) in [6.45, 7) is -1.28. The number of ether oxygens (including phenoxy) is 1. The van der Waals surface area contributed by atoms with Crippen LogP contribution in [-0.2, 0) is 32.1 Å². The molecule has 0 spiro atoms. The van der Waals surface area contributed by atoms with E-state index in [-0.39, 0.29) is 37.2 Å². The third-order valence-corrected chi connectivity index (χ3v) is 7.49. The number of likely N-dealkylation sites (tertiary alicyclic amines) is 1. The smallest absolute Gasteiger partial charge is 0.408 e. The molecule has 0 bridgehead atoms. The van der Waals surface area contributed by atoms with Crippen LogP contribution < -0.4 is 5.32 Å². The monoisotopic (exact) mass is 654 g/mol. The van der Waals surface area contributed by atoms with Gasteiger partial charge in [-0.2, -0.15) is 18.3 Å². The number of aromatic nitrogens is 1. The number of rotatable bonds is 11. The number of alkyl halides is 3. The van der Waals surface area contributed by atoms with Crippen LogP contribution in [0.2, 0.25) is 0 Å². The van der Waals surface area contributed by atoms with E-state index in [0.717, 1.165) is 17.0 Å². The van der Waals surface area contributed by atoms with Crippen LogP contribution in [0.4, 0.5) is 26.7 Å². The minimum atomic E-state index is -4.73. The second-order valence-electron chi connectivity index (χ2n) is 11.4. The van der Waals surface area contributed by atoms with Gasteiger partial charge in [0.05, 0.1) is 12.3 Å². The van der Waals surface area contributed by atoms with Gasteiger partial charge in [0.1, 0.15) is 42.4 Å². The Kier molecular flexibility index (Phi) is 9.94. The predicted octanol–water partition coefficient (Wildman–Crippen LogP) is 2.93. The largest absolute Gasteiger partial charge is 0.465 e. The van der Waals surface area contributed by atoms with Crippen molar-refractivity contribution in [3.8, 4) is 0 Å². The summed E-state index contributed by atoms with van der Waals surface area (Å²) in [7, 11) is 0. The topological polar surface area (TPSA) is 145 Å². The number of benzene rings is 1. The minimum Gasteiger partial charge on any atom is -0.465 e.